The van der Waals surface area contributed by atoms with Crippen LogP contribution in [-0.4, -0.2) is 46.0 Å². The Morgan fingerprint density at radius 3 is 2.54 bits per heavy atom. The molecule has 35 heavy (non-hydrogen) atoms. The molecule has 0 radical (unpaired) electrons. The second kappa shape index (κ2) is 9.42. The number of hydrogen-bond acceptors (Lipinski definition) is 5. The zero-order chi connectivity index (χ0) is 24.5. The van der Waals surface area contributed by atoms with Gasteiger partial charge in [-0.25, -0.2) is 4.79 Å². The lowest BCUT2D eigenvalue weighted by Gasteiger charge is -2.34. The van der Waals surface area contributed by atoms with Gasteiger partial charge in [0.05, 0.1) is 17.9 Å². The minimum atomic E-state index is -0.985. The molecule has 2 aromatic carbocycles. The topological polar surface area (TPSA) is 123 Å². The summed E-state index contributed by atoms with van der Waals surface area (Å²) in [5, 5.41) is 17.9. The normalized spacial score (nSPS) is 18.2. The molecule has 3 heterocycles. The first kappa shape index (κ1) is 22.9. The maximum Gasteiger partial charge on any atom is 0.412 e. The smallest absolute Gasteiger partial charge is 0.412 e. The largest absolute Gasteiger partial charge is 0.465 e. The van der Waals surface area contributed by atoms with E-state index < -0.39 is 12.0 Å². The van der Waals surface area contributed by atoms with E-state index in [1.807, 2.05) is 36.1 Å². The number of anilines is 1. The van der Waals surface area contributed by atoms with Crippen molar-refractivity contribution in [3.8, 4) is 22.6 Å². The molecule has 2 amide bonds. The Morgan fingerprint density at radius 1 is 1.11 bits per heavy atom. The molecule has 3 aromatic rings. The number of nitrogens with two attached hydrogens (primary N) is 1. The standard InChI is InChI=1S/C26H29N5O4/c1-16-2-7-22-23(31(16)26(33)34)9-8-21(18-14-29-30(15-18)19-10-12-28-13-11-19)24(22)35-20-5-3-17(4-6-20)25(27)32/h3-6,8-9,14-16,19,28H,2,7,10-13H2,1H3,(H2,27,32)(H,33,34)/t16-/m0/s1. The fourth-order valence-corrected chi connectivity index (χ4v) is 4.99. The Bertz CT molecular complexity index is 1250. The maximum absolute atomic E-state index is 12.1. The third-order valence-corrected chi connectivity index (χ3v) is 6.91. The molecule has 0 spiro atoms. The zero-order valence-electron chi connectivity index (χ0n) is 19.6. The van der Waals surface area contributed by atoms with Gasteiger partial charge in [0.2, 0.25) is 5.91 Å². The number of hydrogen-bond donors (Lipinski definition) is 3. The Kier molecular flexibility index (Phi) is 6.17. The van der Waals surface area contributed by atoms with E-state index in [1.165, 1.54) is 4.90 Å². The third-order valence-electron chi connectivity index (χ3n) is 6.91. The highest BCUT2D eigenvalue weighted by molar-refractivity contribution is 5.93. The second-order valence-corrected chi connectivity index (χ2v) is 9.16. The number of aromatic nitrogens is 2. The van der Waals surface area contributed by atoms with Gasteiger partial charge in [0.25, 0.3) is 0 Å². The molecule has 0 aliphatic carbocycles. The van der Waals surface area contributed by atoms with Crippen LogP contribution in [0.25, 0.3) is 11.1 Å². The van der Waals surface area contributed by atoms with E-state index >= 15 is 0 Å². The average Bonchev–Trinajstić information content (AvgIpc) is 3.35. The molecule has 0 unspecified atom stereocenters. The fourth-order valence-electron chi connectivity index (χ4n) is 4.99. The van der Waals surface area contributed by atoms with Crippen molar-refractivity contribution >= 4 is 17.7 Å². The molecular weight excluding hydrogens is 446 g/mol. The van der Waals surface area contributed by atoms with Crippen LogP contribution in [0.4, 0.5) is 10.5 Å². The number of benzene rings is 2. The van der Waals surface area contributed by atoms with E-state index in [0.29, 0.717) is 41.6 Å². The summed E-state index contributed by atoms with van der Waals surface area (Å²) in [4.78, 5) is 24.9. The van der Waals surface area contributed by atoms with Crippen LogP contribution in [0.5, 0.6) is 11.5 Å². The minimum absolute atomic E-state index is 0.129. The van der Waals surface area contributed by atoms with Crippen LogP contribution < -0.4 is 20.7 Å². The molecule has 0 bridgehead atoms. The van der Waals surface area contributed by atoms with E-state index in [0.717, 1.165) is 42.6 Å². The van der Waals surface area contributed by atoms with Crippen molar-refractivity contribution in [1.29, 1.82) is 0 Å². The van der Waals surface area contributed by atoms with Gasteiger partial charge in [-0.15, -0.1) is 0 Å². The van der Waals surface area contributed by atoms with E-state index in [9.17, 15) is 14.7 Å². The summed E-state index contributed by atoms with van der Waals surface area (Å²) in [6.07, 6.45) is 6.31. The van der Waals surface area contributed by atoms with Crippen molar-refractivity contribution in [1.82, 2.24) is 15.1 Å². The molecule has 1 fully saturated rings. The summed E-state index contributed by atoms with van der Waals surface area (Å²) in [6, 6.07) is 10.6. The number of ether oxygens (including phenoxy) is 1. The predicted molar refractivity (Wildman–Crippen MR) is 132 cm³/mol. The maximum atomic E-state index is 12.1. The first-order chi connectivity index (χ1) is 16.9. The molecule has 1 saturated heterocycles. The number of primary amides is 1. The summed E-state index contributed by atoms with van der Waals surface area (Å²) in [5.41, 5.74) is 9.00. The molecule has 1 atom stereocenters. The first-order valence-electron chi connectivity index (χ1n) is 11.9. The molecule has 9 heteroatoms. The van der Waals surface area contributed by atoms with E-state index in [2.05, 4.69) is 10.4 Å². The third kappa shape index (κ3) is 4.46. The molecule has 5 rings (SSSR count). The molecule has 182 valence electrons. The van der Waals surface area contributed by atoms with Crippen molar-refractivity contribution in [2.24, 2.45) is 5.73 Å². The minimum Gasteiger partial charge on any atom is -0.465 e. The number of carbonyl (C=O) groups is 2. The van der Waals surface area contributed by atoms with Gasteiger partial charge in [-0.2, -0.15) is 5.10 Å². The van der Waals surface area contributed by atoms with E-state index in [4.69, 9.17) is 10.5 Å². The number of nitrogens with zero attached hydrogens (tertiary/aromatic N) is 3. The number of carboxylic acid groups (broad SMARTS) is 1. The van der Waals surface area contributed by atoms with E-state index in [1.54, 1.807) is 24.3 Å². The molecular formula is C26H29N5O4. The SMILES string of the molecule is C[C@H]1CCc2c(ccc(-c3cnn(C4CCNCC4)c3)c2Oc2ccc(C(N)=O)cc2)N1C(=O)O. The Morgan fingerprint density at radius 2 is 1.86 bits per heavy atom. The number of fused-ring (bicyclic) bond motifs is 1. The van der Waals surface area contributed by atoms with Gasteiger partial charge in [-0.05, 0) is 82.1 Å². The monoisotopic (exact) mass is 475 g/mol. The highest BCUT2D eigenvalue weighted by Crippen LogP contribution is 2.45. The molecule has 4 N–H and O–H groups in total. The van der Waals surface area contributed by atoms with Gasteiger partial charge in [0, 0.05) is 34.5 Å². The molecule has 2 aliphatic rings. The summed E-state index contributed by atoms with van der Waals surface area (Å²) < 4.78 is 8.42. The molecule has 9 nitrogen and oxygen atoms in total. The number of amides is 2. The molecule has 0 saturated carbocycles. The lowest BCUT2D eigenvalue weighted by molar-refractivity contribution is 0.1000. The Labute approximate surface area is 203 Å². The second-order valence-electron chi connectivity index (χ2n) is 9.16. The highest BCUT2D eigenvalue weighted by atomic mass is 16.5. The van der Waals surface area contributed by atoms with Crippen molar-refractivity contribution in [3.05, 3.63) is 59.9 Å². The molecule has 2 aliphatic heterocycles. The summed E-state index contributed by atoms with van der Waals surface area (Å²) in [5.74, 6) is 0.638. The van der Waals surface area contributed by atoms with Crippen molar-refractivity contribution in [3.63, 3.8) is 0 Å². The van der Waals surface area contributed by atoms with Gasteiger partial charge in [0.1, 0.15) is 11.5 Å². The lowest BCUT2D eigenvalue weighted by Crippen LogP contribution is -2.41. The molecule has 1 aromatic heterocycles. The highest BCUT2D eigenvalue weighted by Gasteiger charge is 2.32. The number of carbonyl (C=O) groups excluding carboxylic acids is 1. The van der Waals surface area contributed by atoms with Crippen LogP contribution >= 0.6 is 0 Å². The number of rotatable bonds is 5. The number of piperidine rings is 1. The van der Waals surface area contributed by atoms with Crippen molar-refractivity contribution in [2.45, 2.75) is 44.7 Å². The van der Waals surface area contributed by atoms with Gasteiger partial charge in [0.15, 0.2) is 0 Å². The summed E-state index contributed by atoms with van der Waals surface area (Å²) in [7, 11) is 0. The van der Waals surface area contributed by atoms with Crippen LogP contribution in [-0.2, 0) is 6.42 Å². The van der Waals surface area contributed by atoms with Gasteiger partial charge in [-0.3, -0.25) is 14.4 Å². The van der Waals surface area contributed by atoms with Crippen LogP contribution in [0.3, 0.4) is 0 Å². The Hall–Kier alpha value is -3.85. The summed E-state index contributed by atoms with van der Waals surface area (Å²) in [6.45, 7) is 3.85. The Balaban J connectivity index is 1.58. The van der Waals surface area contributed by atoms with Gasteiger partial charge >= 0.3 is 6.09 Å². The quantitative estimate of drug-likeness (QED) is 0.509. The average molecular weight is 476 g/mol. The van der Waals surface area contributed by atoms with Gasteiger partial charge in [-0.1, -0.05) is 0 Å². The number of nitrogens with one attached hydrogen (secondary N) is 1. The first-order valence-corrected chi connectivity index (χ1v) is 11.9. The van der Waals surface area contributed by atoms with Crippen molar-refractivity contribution < 1.29 is 19.4 Å². The zero-order valence-corrected chi connectivity index (χ0v) is 19.6. The van der Waals surface area contributed by atoms with Crippen LogP contribution in [0.2, 0.25) is 0 Å². The predicted octanol–water partition coefficient (Wildman–Crippen LogP) is 4.18. The van der Waals surface area contributed by atoms with Crippen molar-refractivity contribution in [2.75, 3.05) is 18.0 Å². The van der Waals surface area contributed by atoms with Crippen LogP contribution in [0.15, 0.2) is 48.8 Å². The lowest BCUT2D eigenvalue weighted by atomic mass is 9.92. The van der Waals surface area contributed by atoms with Gasteiger partial charge < -0.3 is 20.9 Å². The van der Waals surface area contributed by atoms with Crippen LogP contribution in [0, 0.1) is 0 Å². The summed E-state index contributed by atoms with van der Waals surface area (Å²) >= 11 is 0. The van der Waals surface area contributed by atoms with Crippen LogP contribution in [0.1, 0.15) is 48.1 Å². The fraction of sp³-hybridized carbons (Fsp3) is 0.346. The van der Waals surface area contributed by atoms with E-state index in [-0.39, 0.29) is 6.04 Å².